The average molecular weight is 268 g/mol. The van der Waals surface area contributed by atoms with E-state index in [1.165, 1.54) is 6.07 Å². The first-order valence-electron chi connectivity index (χ1n) is 4.30. The number of aromatic nitrogens is 1. The molecule has 0 N–H and O–H groups in total. The minimum absolute atomic E-state index is 0.238. The van der Waals surface area contributed by atoms with Gasteiger partial charge in [-0.15, -0.1) is 0 Å². The van der Waals surface area contributed by atoms with Crippen LogP contribution in [0.5, 0.6) is 11.6 Å². The Labute approximate surface area is 94.9 Å². The molecular weight excluding hydrogens is 261 g/mol. The largest absolute Gasteiger partial charge is 0.438 e. The van der Waals surface area contributed by atoms with Crippen LogP contribution in [0.1, 0.15) is 0 Å². The molecule has 0 amide bonds. The second-order valence-corrected chi connectivity index (χ2v) is 3.69. The molecule has 1 heterocycles. The molecule has 4 heteroatoms. The SMILES string of the molecule is Fc1cccc(Oc2ccccc2Br)n1. The van der Waals surface area contributed by atoms with Crippen LogP contribution >= 0.6 is 15.9 Å². The molecule has 1 aromatic carbocycles. The first-order valence-corrected chi connectivity index (χ1v) is 5.10. The molecule has 0 atom stereocenters. The van der Waals surface area contributed by atoms with Gasteiger partial charge in [-0.05, 0) is 34.1 Å². The second kappa shape index (κ2) is 4.40. The normalized spacial score (nSPS) is 10.0. The molecule has 0 spiro atoms. The molecule has 2 nitrogen and oxygen atoms in total. The van der Waals surface area contributed by atoms with Gasteiger partial charge in [0.1, 0.15) is 5.75 Å². The molecular formula is C11H7BrFNO. The minimum Gasteiger partial charge on any atom is -0.438 e. The quantitative estimate of drug-likeness (QED) is 0.773. The van der Waals surface area contributed by atoms with Gasteiger partial charge in [-0.3, -0.25) is 0 Å². The van der Waals surface area contributed by atoms with Crippen LogP contribution in [0.3, 0.4) is 0 Å². The molecule has 1 aromatic heterocycles. The average Bonchev–Trinajstić information content (AvgIpc) is 2.22. The molecule has 0 bridgehead atoms. The highest BCUT2D eigenvalue weighted by molar-refractivity contribution is 9.10. The first-order chi connectivity index (χ1) is 7.25. The molecule has 0 fully saturated rings. The maximum atomic E-state index is 12.8. The Kier molecular flexibility index (Phi) is 2.97. The highest BCUT2D eigenvalue weighted by Gasteiger charge is 2.02. The number of hydrogen-bond donors (Lipinski definition) is 0. The summed E-state index contributed by atoms with van der Waals surface area (Å²) in [6, 6.07) is 11.7. The van der Waals surface area contributed by atoms with Gasteiger partial charge in [0.2, 0.25) is 11.8 Å². The molecule has 76 valence electrons. The van der Waals surface area contributed by atoms with E-state index < -0.39 is 5.95 Å². The Balaban J connectivity index is 2.26. The lowest BCUT2D eigenvalue weighted by molar-refractivity contribution is 0.443. The Morgan fingerprint density at radius 2 is 1.87 bits per heavy atom. The number of hydrogen-bond acceptors (Lipinski definition) is 2. The third-order valence-corrected chi connectivity index (χ3v) is 2.40. The highest BCUT2D eigenvalue weighted by Crippen LogP contribution is 2.27. The van der Waals surface area contributed by atoms with E-state index in [1.54, 1.807) is 18.2 Å². The number of pyridine rings is 1. The van der Waals surface area contributed by atoms with Crippen molar-refractivity contribution in [3.63, 3.8) is 0 Å². The maximum absolute atomic E-state index is 12.8. The smallest absolute Gasteiger partial charge is 0.221 e. The van der Waals surface area contributed by atoms with Gasteiger partial charge in [0.25, 0.3) is 0 Å². The molecule has 2 aromatic rings. The lowest BCUT2D eigenvalue weighted by atomic mass is 10.3. The molecule has 0 aliphatic carbocycles. The van der Waals surface area contributed by atoms with Gasteiger partial charge in [0.05, 0.1) is 4.47 Å². The zero-order valence-corrected chi connectivity index (χ0v) is 9.24. The molecule has 2 rings (SSSR count). The number of ether oxygens (including phenoxy) is 1. The van der Waals surface area contributed by atoms with Crippen LogP contribution in [-0.2, 0) is 0 Å². The summed E-state index contributed by atoms with van der Waals surface area (Å²) in [5.41, 5.74) is 0. The van der Waals surface area contributed by atoms with Crippen LogP contribution < -0.4 is 4.74 Å². The van der Waals surface area contributed by atoms with E-state index in [1.807, 2.05) is 18.2 Å². The summed E-state index contributed by atoms with van der Waals surface area (Å²) in [7, 11) is 0. The van der Waals surface area contributed by atoms with E-state index in [-0.39, 0.29) is 5.88 Å². The Morgan fingerprint density at radius 1 is 1.07 bits per heavy atom. The van der Waals surface area contributed by atoms with Gasteiger partial charge in [-0.25, -0.2) is 0 Å². The predicted molar refractivity (Wildman–Crippen MR) is 58.4 cm³/mol. The van der Waals surface area contributed by atoms with Gasteiger partial charge in [0.15, 0.2) is 0 Å². The number of nitrogens with zero attached hydrogens (tertiary/aromatic N) is 1. The summed E-state index contributed by atoms with van der Waals surface area (Å²) in [6.45, 7) is 0. The van der Waals surface area contributed by atoms with Crippen LogP contribution in [0.4, 0.5) is 4.39 Å². The van der Waals surface area contributed by atoms with E-state index in [4.69, 9.17) is 4.74 Å². The van der Waals surface area contributed by atoms with E-state index in [9.17, 15) is 4.39 Å². The summed E-state index contributed by atoms with van der Waals surface area (Å²) in [6.07, 6.45) is 0. The van der Waals surface area contributed by atoms with E-state index in [0.717, 1.165) is 4.47 Å². The second-order valence-electron chi connectivity index (χ2n) is 2.83. The van der Waals surface area contributed by atoms with E-state index in [2.05, 4.69) is 20.9 Å². The fourth-order valence-electron chi connectivity index (χ4n) is 1.09. The van der Waals surface area contributed by atoms with Crippen molar-refractivity contribution >= 4 is 15.9 Å². The zero-order valence-electron chi connectivity index (χ0n) is 7.65. The topological polar surface area (TPSA) is 22.1 Å². The highest BCUT2D eigenvalue weighted by atomic mass is 79.9. The summed E-state index contributed by atoms with van der Waals surface area (Å²) in [4.78, 5) is 3.60. The standard InChI is InChI=1S/C11H7BrFNO/c12-8-4-1-2-5-9(8)15-11-7-3-6-10(13)14-11/h1-7H. The van der Waals surface area contributed by atoms with Crippen LogP contribution in [0, 0.1) is 5.95 Å². The summed E-state index contributed by atoms with van der Waals surface area (Å²) >= 11 is 3.33. The summed E-state index contributed by atoms with van der Waals surface area (Å²) < 4.78 is 19.0. The molecule has 0 saturated heterocycles. The van der Waals surface area contributed by atoms with Crippen molar-refractivity contribution < 1.29 is 9.13 Å². The number of halogens is 2. The minimum atomic E-state index is -0.556. The van der Waals surface area contributed by atoms with Gasteiger partial charge in [-0.2, -0.15) is 9.37 Å². The van der Waals surface area contributed by atoms with E-state index in [0.29, 0.717) is 5.75 Å². The zero-order chi connectivity index (χ0) is 10.7. The number of para-hydroxylation sites is 1. The fourth-order valence-corrected chi connectivity index (χ4v) is 1.45. The van der Waals surface area contributed by atoms with Crippen molar-refractivity contribution in [2.45, 2.75) is 0 Å². The summed E-state index contributed by atoms with van der Waals surface area (Å²) in [5.74, 6) is 0.289. The van der Waals surface area contributed by atoms with Crippen LogP contribution in [0.2, 0.25) is 0 Å². The first kappa shape index (κ1) is 10.1. The van der Waals surface area contributed by atoms with Gasteiger partial charge in [-0.1, -0.05) is 18.2 Å². The third-order valence-electron chi connectivity index (χ3n) is 1.74. The van der Waals surface area contributed by atoms with Crippen LogP contribution in [0.25, 0.3) is 0 Å². The molecule has 0 radical (unpaired) electrons. The van der Waals surface area contributed by atoms with Gasteiger partial charge >= 0.3 is 0 Å². The van der Waals surface area contributed by atoms with Crippen molar-refractivity contribution in [3.05, 3.63) is 52.9 Å². The van der Waals surface area contributed by atoms with Crippen molar-refractivity contribution in [1.29, 1.82) is 0 Å². The Hall–Kier alpha value is -1.42. The van der Waals surface area contributed by atoms with Crippen LogP contribution in [0.15, 0.2) is 46.9 Å². The monoisotopic (exact) mass is 267 g/mol. The lowest BCUT2D eigenvalue weighted by Crippen LogP contribution is -1.90. The third kappa shape index (κ3) is 2.53. The fraction of sp³-hybridized carbons (Fsp3) is 0. The molecule has 0 saturated carbocycles. The Bertz CT molecular complexity index is 476. The van der Waals surface area contributed by atoms with Crippen molar-refractivity contribution in [2.24, 2.45) is 0 Å². The van der Waals surface area contributed by atoms with Crippen molar-refractivity contribution in [3.8, 4) is 11.6 Å². The van der Waals surface area contributed by atoms with Crippen molar-refractivity contribution in [1.82, 2.24) is 4.98 Å². The number of rotatable bonds is 2. The predicted octanol–water partition coefficient (Wildman–Crippen LogP) is 3.78. The van der Waals surface area contributed by atoms with Crippen LogP contribution in [-0.4, -0.2) is 4.98 Å². The van der Waals surface area contributed by atoms with Crippen molar-refractivity contribution in [2.75, 3.05) is 0 Å². The maximum Gasteiger partial charge on any atom is 0.221 e. The summed E-state index contributed by atoms with van der Waals surface area (Å²) in [5, 5.41) is 0. The molecule has 15 heavy (non-hydrogen) atoms. The molecule has 0 aliphatic heterocycles. The van der Waals surface area contributed by atoms with Gasteiger partial charge in [0, 0.05) is 6.07 Å². The molecule has 0 unspecified atom stereocenters. The number of benzene rings is 1. The van der Waals surface area contributed by atoms with E-state index >= 15 is 0 Å². The lowest BCUT2D eigenvalue weighted by Gasteiger charge is -2.05. The molecule has 0 aliphatic rings. The van der Waals surface area contributed by atoms with Gasteiger partial charge < -0.3 is 4.74 Å². The Morgan fingerprint density at radius 3 is 2.60 bits per heavy atom.